The van der Waals surface area contributed by atoms with Crippen LogP contribution in [0.3, 0.4) is 0 Å². The zero-order valence-electron chi connectivity index (χ0n) is 13.7. The molecule has 3 N–H and O–H groups in total. The van der Waals surface area contributed by atoms with E-state index in [2.05, 4.69) is 22.2 Å². The number of carbonyl (C=O) groups is 2. The lowest BCUT2D eigenvalue weighted by Crippen LogP contribution is -2.15. The standard InChI is InChI=1S/C17H15N3O4S2/c1-2-9-3-5-10(6-4-9)18-12(21)8-26-17-19-14(22)13-11(16(23)24)7-25-15(13)20-17/h3-7H,2,8H2,1H3,(H,18,21)(H,23,24)(H,19,20,22). The molecule has 3 rings (SSSR count). The first kappa shape index (κ1) is 18.2. The second-order valence-corrected chi connectivity index (χ2v) is 7.22. The SMILES string of the molecule is CCc1ccc(NC(=O)CSc2nc3scc(C(=O)O)c3c(=O)[nH]2)cc1. The summed E-state index contributed by atoms with van der Waals surface area (Å²) in [6, 6.07) is 7.58. The number of hydrogen-bond donors (Lipinski definition) is 3. The highest BCUT2D eigenvalue weighted by molar-refractivity contribution is 7.99. The molecule has 0 spiro atoms. The lowest BCUT2D eigenvalue weighted by Gasteiger charge is -2.06. The van der Waals surface area contributed by atoms with Crippen molar-refractivity contribution in [2.45, 2.75) is 18.5 Å². The van der Waals surface area contributed by atoms with E-state index >= 15 is 0 Å². The summed E-state index contributed by atoms with van der Waals surface area (Å²) in [6.07, 6.45) is 0.928. The monoisotopic (exact) mass is 389 g/mol. The van der Waals surface area contributed by atoms with Crippen molar-refractivity contribution in [2.24, 2.45) is 0 Å². The van der Waals surface area contributed by atoms with E-state index in [-0.39, 0.29) is 27.8 Å². The summed E-state index contributed by atoms with van der Waals surface area (Å²) < 4.78 is 0. The van der Waals surface area contributed by atoms with Gasteiger partial charge in [-0.2, -0.15) is 0 Å². The summed E-state index contributed by atoms with van der Waals surface area (Å²) in [6.45, 7) is 2.06. The number of nitrogens with zero attached hydrogens (tertiary/aromatic N) is 1. The van der Waals surface area contributed by atoms with E-state index in [0.717, 1.165) is 29.5 Å². The van der Waals surface area contributed by atoms with E-state index in [1.807, 2.05) is 24.3 Å². The van der Waals surface area contributed by atoms with Gasteiger partial charge in [0.15, 0.2) is 5.16 Å². The van der Waals surface area contributed by atoms with Gasteiger partial charge in [0.1, 0.15) is 4.83 Å². The van der Waals surface area contributed by atoms with E-state index in [9.17, 15) is 14.4 Å². The van der Waals surface area contributed by atoms with Crippen molar-refractivity contribution in [2.75, 3.05) is 11.1 Å². The number of aromatic nitrogens is 2. The van der Waals surface area contributed by atoms with Crippen LogP contribution in [0.25, 0.3) is 10.2 Å². The number of amides is 1. The van der Waals surface area contributed by atoms with Crippen LogP contribution in [-0.4, -0.2) is 32.7 Å². The number of rotatable bonds is 6. The smallest absolute Gasteiger partial charge is 0.337 e. The number of thiophene rings is 1. The molecule has 0 aliphatic rings. The molecule has 0 saturated carbocycles. The molecule has 0 radical (unpaired) electrons. The predicted octanol–water partition coefficient (Wildman–Crippen LogP) is 2.98. The van der Waals surface area contributed by atoms with Gasteiger partial charge in [0.05, 0.1) is 16.7 Å². The quantitative estimate of drug-likeness (QED) is 0.441. The Morgan fingerprint density at radius 3 is 2.69 bits per heavy atom. The van der Waals surface area contributed by atoms with E-state index < -0.39 is 11.5 Å². The van der Waals surface area contributed by atoms with Crippen molar-refractivity contribution < 1.29 is 14.7 Å². The van der Waals surface area contributed by atoms with Crippen molar-refractivity contribution in [1.82, 2.24) is 9.97 Å². The fourth-order valence-corrected chi connectivity index (χ4v) is 3.94. The molecule has 9 heteroatoms. The molecular formula is C17H15N3O4S2. The zero-order valence-corrected chi connectivity index (χ0v) is 15.4. The lowest BCUT2D eigenvalue weighted by molar-refractivity contribution is -0.113. The van der Waals surface area contributed by atoms with Crippen LogP contribution in [0, 0.1) is 0 Å². The van der Waals surface area contributed by atoms with Crippen LogP contribution in [-0.2, 0) is 11.2 Å². The van der Waals surface area contributed by atoms with Gasteiger partial charge in [-0.15, -0.1) is 11.3 Å². The number of fused-ring (bicyclic) bond motifs is 1. The van der Waals surface area contributed by atoms with Gasteiger partial charge < -0.3 is 15.4 Å². The van der Waals surface area contributed by atoms with E-state index in [0.29, 0.717) is 10.5 Å². The Labute approximate surface area is 156 Å². The second-order valence-electron chi connectivity index (χ2n) is 5.39. The number of carboxylic acids is 1. The number of benzene rings is 1. The van der Waals surface area contributed by atoms with Crippen LogP contribution >= 0.6 is 23.1 Å². The average molecular weight is 389 g/mol. The second kappa shape index (κ2) is 7.71. The molecule has 2 heterocycles. The van der Waals surface area contributed by atoms with Crippen molar-refractivity contribution >= 4 is 50.9 Å². The van der Waals surface area contributed by atoms with E-state index in [4.69, 9.17) is 5.11 Å². The van der Waals surface area contributed by atoms with Crippen LogP contribution in [0.1, 0.15) is 22.8 Å². The summed E-state index contributed by atoms with van der Waals surface area (Å²) in [7, 11) is 0. The highest BCUT2D eigenvalue weighted by atomic mass is 32.2. The molecule has 0 fully saturated rings. The number of aryl methyl sites for hydroxylation is 1. The number of thioether (sulfide) groups is 1. The maximum absolute atomic E-state index is 12.1. The molecule has 1 aromatic carbocycles. The molecular weight excluding hydrogens is 374 g/mol. The Hall–Kier alpha value is -2.65. The highest BCUT2D eigenvalue weighted by Gasteiger charge is 2.16. The minimum absolute atomic E-state index is 0.0623. The van der Waals surface area contributed by atoms with Crippen LogP contribution in [0.4, 0.5) is 5.69 Å². The number of aromatic carboxylic acids is 1. The van der Waals surface area contributed by atoms with Gasteiger partial charge in [0.2, 0.25) is 5.91 Å². The Kier molecular flexibility index (Phi) is 5.38. The highest BCUT2D eigenvalue weighted by Crippen LogP contribution is 2.23. The number of hydrogen-bond acceptors (Lipinski definition) is 6. The first-order valence-corrected chi connectivity index (χ1v) is 9.61. The van der Waals surface area contributed by atoms with Gasteiger partial charge in [-0.1, -0.05) is 30.8 Å². The van der Waals surface area contributed by atoms with Crippen LogP contribution in [0.15, 0.2) is 39.6 Å². The van der Waals surface area contributed by atoms with Crippen LogP contribution < -0.4 is 10.9 Å². The van der Waals surface area contributed by atoms with Gasteiger partial charge in [-0.3, -0.25) is 9.59 Å². The Morgan fingerprint density at radius 2 is 2.04 bits per heavy atom. The largest absolute Gasteiger partial charge is 0.478 e. The third-order valence-electron chi connectivity index (χ3n) is 3.64. The summed E-state index contributed by atoms with van der Waals surface area (Å²) >= 11 is 2.17. The molecule has 0 unspecified atom stereocenters. The van der Waals surface area contributed by atoms with Crippen molar-refractivity contribution in [3.8, 4) is 0 Å². The van der Waals surface area contributed by atoms with Crippen molar-refractivity contribution in [3.63, 3.8) is 0 Å². The minimum atomic E-state index is -1.17. The normalized spacial score (nSPS) is 10.8. The summed E-state index contributed by atoms with van der Waals surface area (Å²) in [4.78, 5) is 42.4. The summed E-state index contributed by atoms with van der Waals surface area (Å²) in [5.74, 6) is -1.32. The first-order valence-electron chi connectivity index (χ1n) is 7.74. The molecule has 0 saturated heterocycles. The molecule has 2 aromatic heterocycles. The number of nitrogens with one attached hydrogen (secondary N) is 2. The van der Waals surface area contributed by atoms with Gasteiger partial charge in [0, 0.05) is 11.1 Å². The predicted molar refractivity (Wildman–Crippen MR) is 102 cm³/mol. The van der Waals surface area contributed by atoms with E-state index in [1.54, 1.807) is 0 Å². The third kappa shape index (κ3) is 3.94. The maximum Gasteiger partial charge on any atom is 0.337 e. The van der Waals surface area contributed by atoms with Crippen molar-refractivity contribution in [3.05, 3.63) is 51.1 Å². The maximum atomic E-state index is 12.1. The number of carboxylic acid groups (broad SMARTS) is 1. The average Bonchev–Trinajstić information content (AvgIpc) is 3.05. The van der Waals surface area contributed by atoms with Crippen LogP contribution in [0.2, 0.25) is 0 Å². The zero-order chi connectivity index (χ0) is 18.7. The number of H-pyrrole nitrogens is 1. The van der Waals surface area contributed by atoms with Crippen LogP contribution in [0.5, 0.6) is 0 Å². The molecule has 1 amide bonds. The van der Waals surface area contributed by atoms with Gasteiger partial charge in [-0.25, -0.2) is 9.78 Å². The lowest BCUT2D eigenvalue weighted by atomic mass is 10.1. The minimum Gasteiger partial charge on any atom is -0.478 e. The van der Waals surface area contributed by atoms with Crippen molar-refractivity contribution in [1.29, 1.82) is 0 Å². The Morgan fingerprint density at radius 1 is 1.31 bits per heavy atom. The molecule has 134 valence electrons. The molecule has 0 aliphatic carbocycles. The number of carbonyl (C=O) groups excluding carboxylic acids is 1. The fraction of sp³-hybridized carbons (Fsp3) is 0.176. The summed E-state index contributed by atoms with van der Waals surface area (Å²) in [5, 5.41) is 13.6. The Bertz CT molecular complexity index is 1020. The van der Waals surface area contributed by atoms with Gasteiger partial charge >= 0.3 is 5.97 Å². The number of anilines is 1. The molecule has 0 aliphatic heterocycles. The summed E-state index contributed by atoms with van der Waals surface area (Å²) in [5.41, 5.74) is 1.30. The van der Waals surface area contributed by atoms with E-state index in [1.165, 1.54) is 10.9 Å². The molecule has 0 bridgehead atoms. The van der Waals surface area contributed by atoms with Gasteiger partial charge in [-0.05, 0) is 24.1 Å². The number of aromatic amines is 1. The van der Waals surface area contributed by atoms with Gasteiger partial charge in [0.25, 0.3) is 5.56 Å². The topological polar surface area (TPSA) is 112 Å². The third-order valence-corrected chi connectivity index (χ3v) is 5.38. The molecule has 3 aromatic rings. The molecule has 7 nitrogen and oxygen atoms in total. The fourth-order valence-electron chi connectivity index (χ4n) is 2.31. The molecule has 0 atom stereocenters. The molecule has 26 heavy (non-hydrogen) atoms. The Balaban J connectivity index is 1.68. The first-order chi connectivity index (χ1) is 12.5.